The van der Waals surface area contributed by atoms with Gasteiger partial charge in [-0.05, 0) is 32.3 Å². The van der Waals surface area contributed by atoms with E-state index >= 15 is 0 Å². The van der Waals surface area contributed by atoms with E-state index in [0.717, 1.165) is 31.2 Å². The summed E-state index contributed by atoms with van der Waals surface area (Å²) < 4.78 is 11.9. The van der Waals surface area contributed by atoms with Crippen molar-refractivity contribution in [1.29, 1.82) is 0 Å². The summed E-state index contributed by atoms with van der Waals surface area (Å²) in [5.74, 6) is -0.323. The lowest BCUT2D eigenvalue weighted by Gasteiger charge is -2.41. The molecular weight excluding hydrogens is 278 g/mol. The van der Waals surface area contributed by atoms with Crippen LogP contribution < -0.4 is 5.32 Å². The van der Waals surface area contributed by atoms with Gasteiger partial charge in [-0.15, -0.1) is 0 Å². The number of nitrogens with one attached hydrogen (secondary N) is 1. The van der Waals surface area contributed by atoms with Crippen LogP contribution in [0.3, 0.4) is 0 Å². The van der Waals surface area contributed by atoms with Crippen LogP contribution in [-0.4, -0.2) is 24.3 Å². The second-order valence-corrected chi connectivity index (χ2v) is 6.76. The van der Waals surface area contributed by atoms with Gasteiger partial charge in [0.15, 0.2) is 5.79 Å². The van der Waals surface area contributed by atoms with Crippen LogP contribution in [-0.2, 0) is 14.3 Å². The van der Waals surface area contributed by atoms with Crippen molar-refractivity contribution in [3.05, 3.63) is 35.9 Å². The zero-order valence-corrected chi connectivity index (χ0v) is 13.4. The quantitative estimate of drug-likeness (QED) is 0.933. The second kappa shape index (κ2) is 6.39. The first-order chi connectivity index (χ1) is 10.6. The number of benzene rings is 1. The molecule has 1 aliphatic carbocycles. The van der Waals surface area contributed by atoms with Crippen molar-refractivity contribution in [2.75, 3.05) is 6.61 Å². The maximum Gasteiger partial charge on any atom is 0.223 e. The largest absolute Gasteiger partial charge is 0.348 e. The molecule has 1 saturated heterocycles. The van der Waals surface area contributed by atoms with Crippen molar-refractivity contribution in [2.24, 2.45) is 5.92 Å². The molecule has 4 nitrogen and oxygen atoms in total. The highest BCUT2D eigenvalue weighted by Gasteiger charge is 2.39. The summed E-state index contributed by atoms with van der Waals surface area (Å²) in [6.07, 6.45) is 4.15. The van der Waals surface area contributed by atoms with E-state index in [1.165, 1.54) is 0 Å². The van der Waals surface area contributed by atoms with Gasteiger partial charge in [-0.2, -0.15) is 0 Å². The van der Waals surface area contributed by atoms with E-state index in [1.54, 1.807) is 0 Å². The lowest BCUT2D eigenvalue weighted by Crippen LogP contribution is -2.52. The van der Waals surface area contributed by atoms with E-state index in [9.17, 15) is 4.79 Å². The first-order valence-corrected chi connectivity index (χ1v) is 8.22. The van der Waals surface area contributed by atoms with Crippen molar-refractivity contribution in [2.45, 2.75) is 57.5 Å². The van der Waals surface area contributed by atoms with Gasteiger partial charge in [-0.25, -0.2) is 0 Å². The van der Waals surface area contributed by atoms with Gasteiger partial charge in [0.05, 0.1) is 12.6 Å². The number of ether oxygens (including phenoxy) is 2. The summed E-state index contributed by atoms with van der Waals surface area (Å²) in [7, 11) is 0. The van der Waals surface area contributed by atoms with E-state index in [-0.39, 0.29) is 24.0 Å². The van der Waals surface area contributed by atoms with Crippen LogP contribution >= 0.6 is 0 Å². The smallest absolute Gasteiger partial charge is 0.223 e. The molecule has 0 radical (unpaired) electrons. The summed E-state index contributed by atoms with van der Waals surface area (Å²) in [6.45, 7) is 4.31. The summed E-state index contributed by atoms with van der Waals surface area (Å²) in [5.41, 5.74) is 1.08. The van der Waals surface area contributed by atoms with Gasteiger partial charge in [0.1, 0.15) is 6.10 Å². The van der Waals surface area contributed by atoms with E-state index in [4.69, 9.17) is 9.47 Å². The topological polar surface area (TPSA) is 47.6 Å². The van der Waals surface area contributed by atoms with Crippen LogP contribution in [0.1, 0.15) is 51.2 Å². The number of hydrogen-bond acceptors (Lipinski definition) is 3. The van der Waals surface area contributed by atoms with Crippen molar-refractivity contribution < 1.29 is 14.3 Å². The molecule has 22 heavy (non-hydrogen) atoms. The molecule has 1 saturated carbocycles. The zero-order chi connectivity index (χ0) is 15.6. The summed E-state index contributed by atoms with van der Waals surface area (Å²) in [4.78, 5) is 12.4. The molecule has 2 fully saturated rings. The van der Waals surface area contributed by atoms with E-state index in [1.807, 2.05) is 44.2 Å². The summed E-state index contributed by atoms with van der Waals surface area (Å²) >= 11 is 0. The molecule has 1 aliphatic heterocycles. The van der Waals surface area contributed by atoms with Crippen molar-refractivity contribution >= 4 is 5.91 Å². The Labute approximate surface area is 132 Å². The molecule has 120 valence electrons. The van der Waals surface area contributed by atoms with Crippen molar-refractivity contribution in [3.63, 3.8) is 0 Å². The van der Waals surface area contributed by atoms with Gasteiger partial charge in [0.25, 0.3) is 0 Å². The highest BCUT2D eigenvalue weighted by atomic mass is 16.7. The minimum atomic E-state index is -0.630. The Morgan fingerprint density at radius 3 is 2.55 bits per heavy atom. The highest BCUT2D eigenvalue weighted by molar-refractivity contribution is 5.79. The third-order valence-corrected chi connectivity index (χ3v) is 4.57. The fraction of sp³-hybridized carbons (Fsp3) is 0.611. The molecular formula is C18H25NO3. The van der Waals surface area contributed by atoms with Crippen LogP contribution in [0.5, 0.6) is 0 Å². The Hall–Kier alpha value is -1.39. The Kier molecular flexibility index (Phi) is 4.50. The van der Waals surface area contributed by atoms with Gasteiger partial charge in [-0.1, -0.05) is 43.2 Å². The van der Waals surface area contributed by atoms with Crippen LogP contribution in [0.25, 0.3) is 0 Å². The number of amides is 1. The third kappa shape index (κ3) is 3.50. The lowest BCUT2D eigenvalue weighted by atomic mass is 9.99. The molecule has 1 aromatic carbocycles. The third-order valence-electron chi connectivity index (χ3n) is 4.57. The van der Waals surface area contributed by atoms with Crippen LogP contribution in [0.2, 0.25) is 0 Å². The van der Waals surface area contributed by atoms with Crippen molar-refractivity contribution in [3.8, 4) is 0 Å². The fourth-order valence-corrected chi connectivity index (χ4v) is 3.35. The maximum absolute atomic E-state index is 12.4. The number of carbonyl (C=O) groups excluding carboxylic acids is 1. The molecule has 1 amide bonds. The molecule has 2 unspecified atom stereocenters. The Morgan fingerprint density at radius 1 is 1.18 bits per heavy atom. The van der Waals surface area contributed by atoms with Gasteiger partial charge in [0, 0.05) is 5.92 Å². The molecule has 1 heterocycles. The van der Waals surface area contributed by atoms with Crippen LogP contribution in [0.4, 0.5) is 0 Å². The normalized spacial score (nSPS) is 28.5. The van der Waals surface area contributed by atoms with Gasteiger partial charge in [0.2, 0.25) is 5.91 Å². The predicted octanol–water partition coefficient (Wildman–Crippen LogP) is 3.19. The second-order valence-electron chi connectivity index (χ2n) is 6.76. The number of carbonyl (C=O) groups is 1. The predicted molar refractivity (Wildman–Crippen MR) is 84.2 cm³/mol. The molecule has 3 rings (SSSR count). The lowest BCUT2D eigenvalue weighted by molar-refractivity contribution is -0.285. The van der Waals surface area contributed by atoms with E-state index in [2.05, 4.69) is 5.32 Å². The Bertz CT molecular complexity index is 508. The van der Waals surface area contributed by atoms with E-state index < -0.39 is 5.79 Å². The zero-order valence-electron chi connectivity index (χ0n) is 13.4. The molecule has 0 aromatic heterocycles. The monoisotopic (exact) mass is 303 g/mol. The molecule has 2 atom stereocenters. The minimum absolute atomic E-state index is 0.136. The maximum atomic E-state index is 12.4. The minimum Gasteiger partial charge on any atom is -0.348 e. The summed E-state index contributed by atoms with van der Waals surface area (Å²) in [5, 5.41) is 3.16. The van der Waals surface area contributed by atoms with Crippen LogP contribution in [0, 0.1) is 5.92 Å². The first kappa shape index (κ1) is 15.5. The van der Waals surface area contributed by atoms with Gasteiger partial charge in [-0.3, -0.25) is 4.79 Å². The standard InChI is InChI=1S/C18H25NO3/c1-18(2)21-12-15(19-17(20)14-10-6-7-11-14)16(22-18)13-8-4-3-5-9-13/h3-5,8-9,14-16H,6-7,10-12H2,1-2H3,(H,19,20). The molecule has 0 bridgehead atoms. The average Bonchev–Trinajstić information content (AvgIpc) is 3.04. The van der Waals surface area contributed by atoms with Crippen molar-refractivity contribution in [1.82, 2.24) is 5.32 Å². The Balaban J connectivity index is 1.74. The molecule has 1 N–H and O–H groups in total. The Morgan fingerprint density at radius 2 is 1.86 bits per heavy atom. The number of rotatable bonds is 3. The first-order valence-electron chi connectivity index (χ1n) is 8.22. The SMILES string of the molecule is CC1(C)OCC(NC(=O)C2CCCC2)C(c2ccccc2)O1. The average molecular weight is 303 g/mol. The molecule has 0 spiro atoms. The molecule has 4 heteroatoms. The van der Waals surface area contributed by atoms with Crippen LogP contribution in [0.15, 0.2) is 30.3 Å². The van der Waals surface area contributed by atoms with Gasteiger partial charge < -0.3 is 14.8 Å². The fourth-order valence-electron chi connectivity index (χ4n) is 3.35. The highest BCUT2D eigenvalue weighted by Crippen LogP contribution is 2.33. The van der Waals surface area contributed by atoms with Gasteiger partial charge >= 0.3 is 0 Å². The molecule has 2 aliphatic rings. The summed E-state index contributed by atoms with van der Waals surface area (Å²) in [6, 6.07) is 9.93. The van der Waals surface area contributed by atoms with E-state index in [0.29, 0.717) is 6.61 Å². The molecule has 1 aromatic rings. The number of hydrogen-bond donors (Lipinski definition) is 1.